The van der Waals surface area contributed by atoms with Gasteiger partial charge in [0, 0.05) is 6.54 Å². The van der Waals surface area contributed by atoms with E-state index in [1.165, 1.54) is 13.2 Å². The molecule has 1 atom stereocenters. The van der Waals surface area contributed by atoms with Gasteiger partial charge in [0.15, 0.2) is 0 Å². The van der Waals surface area contributed by atoms with Crippen molar-refractivity contribution < 1.29 is 13.9 Å². The van der Waals surface area contributed by atoms with Crippen molar-refractivity contribution in [2.45, 2.75) is 12.6 Å². The molecule has 0 aliphatic heterocycles. The maximum atomic E-state index is 13.2. The monoisotopic (exact) mass is 351 g/mol. The molecule has 0 aliphatic carbocycles. The van der Waals surface area contributed by atoms with Gasteiger partial charge in [-0.05, 0) is 39.2 Å². The molecule has 5 heteroatoms. The predicted octanol–water partition coefficient (Wildman–Crippen LogP) is 3.59. The summed E-state index contributed by atoms with van der Waals surface area (Å²) in [6.07, 6.45) is 0. The normalized spacial score (nSPS) is 12.0. The van der Waals surface area contributed by atoms with E-state index in [-0.39, 0.29) is 11.8 Å². The van der Waals surface area contributed by atoms with Crippen molar-refractivity contribution in [2.24, 2.45) is 0 Å². The van der Waals surface area contributed by atoms with Gasteiger partial charge in [-0.15, -0.1) is 0 Å². The van der Waals surface area contributed by atoms with E-state index >= 15 is 0 Å². The zero-order valence-corrected chi connectivity index (χ0v) is 13.1. The number of methoxy groups -OCH3 is 1. The summed E-state index contributed by atoms with van der Waals surface area (Å²) in [5.74, 6) is -0.672. The van der Waals surface area contributed by atoms with Crippen LogP contribution in [0.4, 0.5) is 4.39 Å². The van der Waals surface area contributed by atoms with Crippen molar-refractivity contribution in [1.82, 2.24) is 5.32 Å². The van der Waals surface area contributed by atoms with Crippen molar-refractivity contribution >= 4 is 21.9 Å². The lowest BCUT2D eigenvalue weighted by atomic mass is 10.1. The maximum Gasteiger partial charge on any atom is 0.327 e. The molecule has 0 saturated heterocycles. The van der Waals surface area contributed by atoms with Gasteiger partial charge in [-0.3, -0.25) is 5.32 Å². The Morgan fingerprint density at radius 3 is 2.62 bits per heavy atom. The minimum absolute atomic E-state index is 0.314. The summed E-state index contributed by atoms with van der Waals surface area (Å²) >= 11 is 3.15. The average molecular weight is 352 g/mol. The molecule has 0 aliphatic rings. The van der Waals surface area contributed by atoms with Crippen LogP contribution in [0.15, 0.2) is 53.0 Å². The van der Waals surface area contributed by atoms with Gasteiger partial charge in [-0.2, -0.15) is 0 Å². The molecule has 0 fully saturated rings. The highest BCUT2D eigenvalue weighted by atomic mass is 79.9. The molecule has 0 radical (unpaired) electrons. The molecule has 2 aromatic rings. The lowest BCUT2D eigenvalue weighted by Gasteiger charge is -2.17. The SMILES string of the molecule is COC(=O)C(NCc1ccc(F)c(Br)c1)c1ccccc1. The first kappa shape index (κ1) is 15.7. The third kappa shape index (κ3) is 4.12. The van der Waals surface area contributed by atoms with Crippen molar-refractivity contribution in [3.8, 4) is 0 Å². The number of carbonyl (C=O) groups is 1. The van der Waals surface area contributed by atoms with Crippen LogP contribution in [-0.2, 0) is 16.1 Å². The average Bonchev–Trinajstić information content (AvgIpc) is 2.51. The van der Waals surface area contributed by atoms with Crippen LogP contribution in [0.2, 0.25) is 0 Å². The van der Waals surface area contributed by atoms with Crippen LogP contribution < -0.4 is 5.32 Å². The number of benzene rings is 2. The highest BCUT2D eigenvalue weighted by Gasteiger charge is 2.20. The smallest absolute Gasteiger partial charge is 0.327 e. The number of esters is 1. The quantitative estimate of drug-likeness (QED) is 0.836. The molecule has 0 heterocycles. The van der Waals surface area contributed by atoms with Crippen LogP contribution >= 0.6 is 15.9 Å². The summed E-state index contributed by atoms with van der Waals surface area (Å²) in [4.78, 5) is 11.9. The van der Waals surface area contributed by atoms with Crippen molar-refractivity contribution in [3.63, 3.8) is 0 Å². The molecule has 2 rings (SSSR count). The standard InChI is InChI=1S/C16H15BrFNO2/c1-21-16(20)15(12-5-3-2-4-6-12)19-10-11-7-8-14(18)13(17)9-11/h2-9,15,19H,10H2,1H3. The van der Waals surface area contributed by atoms with Crippen LogP contribution in [0, 0.1) is 5.82 Å². The molecule has 110 valence electrons. The number of carbonyl (C=O) groups excluding carboxylic acids is 1. The molecule has 0 saturated carbocycles. The zero-order valence-electron chi connectivity index (χ0n) is 11.5. The number of halogens is 2. The van der Waals surface area contributed by atoms with Gasteiger partial charge in [0.2, 0.25) is 0 Å². The van der Waals surface area contributed by atoms with Gasteiger partial charge in [-0.1, -0.05) is 36.4 Å². The number of nitrogens with one attached hydrogen (secondary N) is 1. The Balaban J connectivity index is 2.12. The number of hydrogen-bond acceptors (Lipinski definition) is 3. The lowest BCUT2D eigenvalue weighted by Crippen LogP contribution is -2.29. The third-order valence-electron chi connectivity index (χ3n) is 3.06. The second-order valence-corrected chi connectivity index (χ2v) is 5.35. The van der Waals surface area contributed by atoms with Crippen molar-refractivity contribution in [1.29, 1.82) is 0 Å². The summed E-state index contributed by atoms with van der Waals surface area (Å²) in [6.45, 7) is 0.424. The minimum Gasteiger partial charge on any atom is -0.468 e. The molecule has 3 nitrogen and oxygen atoms in total. The highest BCUT2D eigenvalue weighted by Crippen LogP contribution is 2.19. The molecule has 1 N–H and O–H groups in total. The molecule has 0 bridgehead atoms. The lowest BCUT2D eigenvalue weighted by molar-refractivity contribution is -0.143. The second-order valence-electron chi connectivity index (χ2n) is 4.50. The number of ether oxygens (including phenoxy) is 1. The number of hydrogen-bond donors (Lipinski definition) is 1. The zero-order chi connectivity index (χ0) is 15.2. The van der Waals surface area contributed by atoms with Crippen LogP contribution in [0.5, 0.6) is 0 Å². The highest BCUT2D eigenvalue weighted by molar-refractivity contribution is 9.10. The van der Waals surface area contributed by atoms with Gasteiger partial charge in [-0.25, -0.2) is 9.18 Å². The molecule has 0 aromatic heterocycles. The molecule has 0 amide bonds. The van der Waals surface area contributed by atoms with E-state index < -0.39 is 6.04 Å². The molecule has 21 heavy (non-hydrogen) atoms. The van der Waals surface area contributed by atoms with Crippen LogP contribution in [-0.4, -0.2) is 13.1 Å². The summed E-state index contributed by atoms with van der Waals surface area (Å²) in [5.41, 5.74) is 1.69. The maximum absolute atomic E-state index is 13.2. The Hall–Kier alpha value is -1.72. The fraction of sp³-hybridized carbons (Fsp3) is 0.188. The second kappa shape index (κ2) is 7.33. The van der Waals surface area contributed by atoms with Gasteiger partial charge >= 0.3 is 5.97 Å². The van der Waals surface area contributed by atoms with Crippen LogP contribution in [0.1, 0.15) is 17.2 Å². The minimum atomic E-state index is -0.556. The number of rotatable bonds is 5. The van der Waals surface area contributed by atoms with E-state index in [2.05, 4.69) is 21.2 Å². The third-order valence-corrected chi connectivity index (χ3v) is 3.67. The first-order valence-electron chi connectivity index (χ1n) is 6.42. The van der Waals surface area contributed by atoms with Crippen LogP contribution in [0.25, 0.3) is 0 Å². The Morgan fingerprint density at radius 1 is 1.29 bits per heavy atom. The van der Waals surface area contributed by atoms with Gasteiger partial charge < -0.3 is 4.74 Å². The molecule has 0 spiro atoms. The van der Waals surface area contributed by atoms with E-state index in [1.807, 2.05) is 30.3 Å². The Labute approximate surface area is 131 Å². The summed E-state index contributed by atoms with van der Waals surface area (Å²) in [6, 6.07) is 13.5. The Bertz CT molecular complexity index is 619. The van der Waals surface area contributed by atoms with E-state index in [4.69, 9.17) is 4.74 Å². The summed E-state index contributed by atoms with van der Waals surface area (Å²) in [7, 11) is 1.36. The van der Waals surface area contributed by atoms with Gasteiger partial charge in [0.25, 0.3) is 0 Å². The van der Waals surface area contributed by atoms with Crippen LogP contribution in [0.3, 0.4) is 0 Å². The molecule has 2 aromatic carbocycles. The van der Waals surface area contributed by atoms with Gasteiger partial charge in [0.05, 0.1) is 11.6 Å². The molecular formula is C16H15BrFNO2. The van der Waals surface area contributed by atoms with E-state index in [9.17, 15) is 9.18 Å². The van der Waals surface area contributed by atoms with E-state index in [1.54, 1.807) is 12.1 Å². The van der Waals surface area contributed by atoms with Gasteiger partial charge in [0.1, 0.15) is 11.9 Å². The summed E-state index contributed by atoms with van der Waals surface area (Å²) < 4.78 is 18.4. The summed E-state index contributed by atoms with van der Waals surface area (Å²) in [5, 5.41) is 3.13. The van der Waals surface area contributed by atoms with E-state index in [0.29, 0.717) is 11.0 Å². The van der Waals surface area contributed by atoms with E-state index in [0.717, 1.165) is 11.1 Å². The van der Waals surface area contributed by atoms with Crippen molar-refractivity contribution in [3.05, 3.63) is 69.9 Å². The first-order chi connectivity index (χ1) is 10.1. The first-order valence-corrected chi connectivity index (χ1v) is 7.21. The molecule has 1 unspecified atom stereocenters. The fourth-order valence-corrected chi connectivity index (χ4v) is 2.40. The Kier molecular flexibility index (Phi) is 5.47. The fourth-order valence-electron chi connectivity index (χ4n) is 1.97. The largest absolute Gasteiger partial charge is 0.468 e. The topological polar surface area (TPSA) is 38.3 Å². The Morgan fingerprint density at radius 2 is 2.00 bits per heavy atom. The van der Waals surface area contributed by atoms with Crippen molar-refractivity contribution in [2.75, 3.05) is 7.11 Å². The molecular weight excluding hydrogens is 337 g/mol. The predicted molar refractivity (Wildman–Crippen MR) is 82.1 cm³/mol.